The third kappa shape index (κ3) is 3.38. The van der Waals surface area contributed by atoms with Crippen LogP contribution in [0.25, 0.3) is 0 Å². The standard InChI is InChI=1S/C11H18N2O2/c1-8(2)6-9-7-12-10(13(9)3)4-5-11(14)15/h7-8H,4-6H2,1-3H3,(H,14,15). The van der Waals surface area contributed by atoms with E-state index in [1.165, 1.54) is 5.69 Å². The fourth-order valence-corrected chi connectivity index (χ4v) is 1.55. The smallest absolute Gasteiger partial charge is 0.303 e. The molecule has 0 radical (unpaired) electrons. The van der Waals surface area contributed by atoms with Crippen molar-refractivity contribution >= 4 is 5.97 Å². The molecule has 0 fully saturated rings. The summed E-state index contributed by atoms with van der Waals surface area (Å²) in [4.78, 5) is 14.7. The first-order chi connectivity index (χ1) is 7.00. The number of nitrogens with zero attached hydrogens (tertiary/aromatic N) is 2. The van der Waals surface area contributed by atoms with Crippen LogP contribution in [0.2, 0.25) is 0 Å². The zero-order chi connectivity index (χ0) is 11.4. The first-order valence-corrected chi connectivity index (χ1v) is 5.22. The Morgan fingerprint density at radius 3 is 2.80 bits per heavy atom. The second-order valence-electron chi connectivity index (χ2n) is 4.22. The molecular weight excluding hydrogens is 192 g/mol. The summed E-state index contributed by atoms with van der Waals surface area (Å²) >= 11 is 0. The Kier molecular flexibility index (Phi) is 3.88. The Hall–Kier alpha value is -1.32. The lowest BCUT2D eigenvalue weighted by atomic mass is 10.1. The normalized spacial score (nSPS) is 10.9. The number of rotatable bonds is 5. The van der Waals surface area contributed by atoms with Crippen molar-refractivity contribution in [3.63, 3.8) is 0 Å². The van der Waals surface area contributed by atoms with Crippen molar-refractivity contribution in [3.05, 3.63) is 17.7 Å². The Morgan fingerprint density at radius 1 is 1.60 bits per heavy atom. The lowest BCUT2D eigenvalue weighted by Gasteiger charge is -2.07. The van der Waals surface area contributed by atoms with Gasteiger partial charge in [0.2, 0.25) is 0 Å². The van der Waals surface area contributed by atoms with Gasteiger partial charge in [0.05, 0.1) is 6.42 Å². The van der Waals surface area contributed by atoms with E-state index in [2.05, 4.69) is 18.8 Å². The van der Waals surface area contributed by atoms with E-state index in [4.69, 9.17) is 5.11 Å². The fraction of sp³-hybridized carbons (Fsp3) is 0.636. The van der Waals surface area contributed by atoms with Gasteiger partial charge in [-0.1, -0.05) is 13.8 Å². The van der Waals surface area contributed by atoms with E-state index in [0.29, 0.717) is 12.3 Å². The number of aromatic nitrogens is 2. The predicted octanol–water partition coefficient (Wildman–Crippen LogP) is 1.64. The van der Waals surface area contributed by atoms with Crippen LogP contribution in [0.5, 0.6) is 0 Å². The van der Waals surface area contributed by atoms with Crippen LogP contribution in [0.3, 0.4) is 0 Å². The molecule has 1 heterocycles. The summed E-state index contributed by atoms with van der Waals surface area (Å²) in [7, 11) is 1.95. The maximum Gasteiger partial charge on any atom is 0.303 e. The number of hydrogen-bond acceptors (Lipinski definition) is 2. The lowest BCUT2D eigenvalue weighted by molar-refractivity contribution is -0.137. The highest BCUT2D eigenvalue weighted by molar-refractivity contribution is 5.66. The minimum atomic E-state index is -0.775. The van der Waals surface area contributed by atoms with Gasteiger partial charge in [-0.3, -0.25) is 4.79 Å². The molecule has 1 aromatic rings. The van der Waals surface area contributed by atoms with Crippen molar-refractivity contribution in [2.24, 2.45) is 13.0 Å². The summed E-state index contributed by atoms with van der Waals surface area (Å²) in [6.45, 7) is 4.31. The van der Waals surface area contributed by atoms with Gasteiger partial charge in [0.25, 0.3) is 0 Å². The molecule has 0 saturated carbocycles. The Balaban J connectivity index is 2.66. The summed E-state index contributed by atoms with van der Waals surface area (Å²) in [5.41, 5.74) is 1.17. The van der Waals surface area contributed by atoms with Crippen LogP contribution in [0.1, 0.15) is 31.8 Å². The van der Waals surface area contributed by atoms with Crippen molar-refractivity contribution in [2.75, 3.05) is 0 Å². The first-order valence-electron chi connectivity index (χ1n) is 5.22. The summed E-state index contributed by atoms with van der Waals surface area (Å²) in [6.07, 6.45) is 3.48. The monoisotopic (exact) mass is 210 g/mol. The van der Waals surface area contributed by atoms with Crippen molar-refractivity contribution in [1.82, 2.24) is 9.55 Å². The van der Waals surface area contributed by atoms with E-state index in [-0.39, 0.29) is 6.42 Å². The van der Waals surface area contributed by atoms with Crippen molar-refractivity contribution in [2.45, 2.75) is 33.1 Å². The molecule has 0 aliphatic carbocycles. The number of carboxylic acid groups (broad SMARTS) is 1. The van der Waals surface area contributed by atoms with Gasteiger partial charge in [0.15, 0.2) is 0 Å². The maximum absolute atomic E-state index is 10.4. The van der Waals surface area contributed by atoms with E-state index in [1.807, 2.05) is 17.8 Å². The number of carboxylic acids is 1. The molecule has 15 heavy (non-hydrogen) atoms. The van der Waals surface area contributed by atoms with Gasteiger partial charge in [0, 0.05) is 25.4 Å². The molecule has 1 N–H and O–H groups in total. The third-order valence-corrected chi connectivity index (χ3v) is 2.36. The van der Waals surface area contributed by atoms with Gasteiger partial charge in [-0.2, -0.15) is 0 Å². The molecule has 4 nitrogen and oxygen atoms in total. The van der Waals surface area contributed by atoms with Gasteiger partial charge in [-0.05, 0) is 12.3 Å². The predicted molar refractivity (Wildman–Crippen MR) is 57.7 cm³/mol. The number of aliphatic carboxylic acids is 1. The minimum absolute atomic E-state index is 0.145. The average molecular weight is 210 g/mol. The molecule has 0 bridgehead atoms. The average Bonchev–Trinajstić information content (AvgIpc) is 2.44. The van der Waals surface area contributed by atoms with E-state index >= 15 is 0 Å². The van der Waals surface area contributed by atoms with Gasteiger partial charge < -0.3 is 9.67 Å². The Bertz CT molecular complexity index is 342. The molecule has 0 aliphatic rings. The number of carbonyl (C=O) groups is 1. The molecule has 0 unspecified atom stereocenters. The third-order valence-electron chi connectivity index (χ3n) is 2.36. The summed E-state index contributed by atoms with van der Waals surface area (Å²) in [5, 5.41) is 8.58. The van der Waals surface area contributed by atoms with Crippen LogP contribution in [-0.4, -0.2) is 20.6 Å². The van der Waals surface area contributed by atoms with Crippen LogP contribution in [0.15, 0.2) is 6.20 Å². The SMILES string of the molecule is CC(C)Cc1cnc(CCC(=O)O)n1C. The summed E-state index contributed by atoms with van der Waals surface area (Å²) in [5.74, 6) is 0.671. The molecule has 1 aromatic heterocycles. The summed E-state index contributed by atoms with van der Waals surface area (Å²) in [6, 6.07) is 0. The second kappa shape index (κ2) is 4.96. The van der Waals surface area contributed by atoms with E-state index in [0.717, 1.165) is 12.2 Å². The van der Waals surface area contributed by atoms with Gasteiger partial charge in [-0.25, -0.2) is 4.98 Å². The van der Waals surface area contributed by atoms with Crippen LogP contribution in [0.4, 0.5) is 0 Å². The van der Waals surface area contributed by atoms with Crippen molar-refractivity contribution in [3.8, 4) is 0 Å². The van der Waals surface area contributed by atoms with E-state index < -0.39 is 5.97 Å². The highest BCUT2D eigenvalue weighted by atomic mass is 16.4. The van der Waals surface area contributed by atoms with Crippen LogP contribution >= 0.6 is 0 Å². The van der Waals surface area contributed by atoms with Crippen LogP contribution < -0.4 is 0 Å². The van der Waals surface area contributed by atoms with E-state index in [1.54, 1.807) is 0 Å². The number of aryl methyl sites for hydroxylation is 1. The van der Waals surface area contributed by atoms with Crippen molar-refractivity contribution in [1.29, 1.82) is 0 Å². The van der Waals surface area contributed by atoms with Crippen LogP contribution in [-0.2, 0) is 24.7 Å². The molecular formula is C11H18N2O2. The van der Waals surface area contributed by atoms with Crippen molar-refractivity contribution < 1.29 is 9.90 Å². The van der Waals surface area contributed by atoms with Gasteiger partial charge in [-0.15, -0.1) is 0 Å². The molecule has 0 atom stereocenters. The fourth-order valence-electron chi connectivity index (χ4n) is 1.55. The molecule has 0 amide bonds. The molecule has 0 spiro atoms. The molecule has 4 heteroatoms. The summed E-state index contributed by atoms with van der Waals surface area (Å²) < 4.78 is 2.00. The van der Waals surface area contributed by atoms with Crippen LogP contribution in [0, 0.1) is 5.92 Å². The molecule has 1 rings (SSSR count). The molecule has 0 saturated heterocycles. The van der Waals surface area contributed by atoms with E-state index in [9.17, 15) is 4.79 Å². The topological polar surface area (TPSA) is 55.1 Å². The molecule has 0 aliphatic heterocycles. The maximum atomic E-state index is 10.4. The minimum Gasteiger partial charge on any atom is -0.481 e. The second-order valence-corrected chi connectivity index (χ2v) is 4.22. The first kappa shape index (κ1) is 11.8. The number of hydrogen-bond donors (Lipinski definition) is 1. The quantitative estimate of drug-likeness (QED) is 0.803. The zero-order valence-corrected chi connectivity index (χ0v) is 9.53. The zero-order valence-electron chi connectivity index (χ0n) is 9.53. The number of imidazole rings is 1. The highest BCUT2D eigenvalue weighted by Gasteiger charge is 2.09. The Morgan fingerprint density at radius 2 is 2.27 bits per heavy atom. The molecule has 0 aromatic carbocycles. The highest BCUT2D eigenvalue weighted by Crippen LogP contribution is 2.10. The Labute approximate surface area is 89.9 Å². The van der Waals surface area contributed by atoms with Gasteiger partial charge in [0.1, 0.15) is 5.82 Å². The lowest BCUT2D eigenvalue weighted by Crippen LogP contribution is -2.06. The molecule has 84 valence electrons. The largest absolute Gasteiger partial charge is 0.481 e. The van der Waals surface area contributed by atoms with Gasteiger partial charge >= 0.3 is 5.97 Å².